The van der Waals surface area contributed by atoms with Gasteiger partial charge in [0, 0.05) is 47.9 Å². The van der Waals surface area contributed by atoms with E-state index in [9.17, 15) is 18.7 Å². The smallest absolute Gasteiger partial charge is 0.321 e. The Balaban J connectivity index is 1.37. The van der Waals surface area contributed by atoms with Gasteiger partial charge < -0.3 is 19.6 Å². The number of β-amino-alcohol motifs (C(OH)–C–C–N with tert-alkyl or cyclic N) is 1. The van der Waals surface area contributed by atoms with Crippen molar-refractivity contribution in [3.63, 3.8) is 0 Å². The fraction of sp³-hybridized carbons (Fsp3) is 0.515. The van der Waals surface area contributed by atoms with Gasteiger partial charge in [0.05, 0.1) is 17.6 Å². The van der Waals surface area contributed by atoms with Crippen LogP contribution in [-0.2, 0) is 0 Å². The van der Waals surface area contributed by atoms with Crippen LogP contribution in [0.5, 0.6) is 6.01 Å². The highest BCUT2D eigenvalue weighted by Gasteiger charge is 2.47. The van der Waals surface area contributed by atoms with Gasteiger partial charge in [-0.3, -0.25) is 14.3 Å². The van der Waals surface area contributed by atoms with Crippen molar-refractivity contribution >= 4 is 27.5 Å². The van der Waals surface area contributed by atoms with Crippen LogP contribution >= 0.6 is 0 Å². The lowest BCUT2D eigenvalue weighted by atomic mass is 9.76. The Bertz CT molecular complexity index is 1830. The number of ether oxygens (including phenoxy) is 1. The van der Waals surface area contributed by atoms with E-state index < -0.39 is 23.5 Å². The number of fused-ring (bicyclic) bond motifs is 3. The number of nitrogens with zero attached hydrogens (tertiary/aromatic N) is 6. The van der Waals surface area contributed by atoms with Crippen molar-refractivity contribution in [1.82, 2.24) is 24.4 Å². The van der Waals surface area contributed by atoms with Crippen molar-refractivity contribution < 1.29 is 23.0 Å². The molecule has 3 aliphatic rings. The first-order valence-electron chi connectivity index (χ1n) is 15.7. The molecular formula is C33H37F3N6O3. The van der Waals surface area contributed by atoms with Gasteiger partial charge in [0.1, 0.15) is 17.0 Å². The molecule has 2 aliphatic heterocycles. The minimum Gasteiger partial charge on any atom is -0.463 e. The molecule has 0 bridgehead atoms. The average Bonchev–Trinajstić information content (AvgIpc) is 3.46. The number of benzene rings is 1. The monoisotopic (exact) mass is 622 g/mol. The van der Waals surface area contributed by atoms with Crippen LogP contribution < -0.4 is 15.2 Å². The number of pyridine rings is 2. The van der Waals surface area contributed by atoms with Gasteiger partial charge in [-0.05, 0) is 70.5 Å². The predicted molar refractivity (Wildman–Crippen MR) is 165 cm³/mol. The maximum Gasteiger partial charge on any atom is 0.321 e. The van der Waals surface area contributed by atoms with Gasteiger partial charge >= 0.3 is 12.6 Å². The van der Waals surface area contributed by atoms with Crippen molar-refractivity contribution in [1.29, 1.82) is 0 Å². The molecule has 0 spiro atoms. The minimum atomic E-state index is -3.12. The fourth-order valence-corrected chi connectivity index (χ4v) is 7.95. The first-order chi connectivity index (χ1) is 21.6. The number of anilines is 1. The van der Waals surface area contributed by atoms with Crippen molar-refractivity contribution in [2.75, 3.05) is 38.2 Å². The first-order valence-corrected chi connectivity index (χ1v) is 15.7. The number of aliphatic hydroxyl groups is 1. The Morgan fingerprint density at radius 2 is 1.82 bits per heavy atom. The Kier molecular flexibility index (Phi) is 7.47. The van der Waals surface area contributed by atoms with Crippen molar-refractivity contribution in [3.05, 3.63) is 52.8 Å². The van der Waals surface area contributed by atoms with Crippen molar-refractivity contribution in [2.45, 2.75) is 70.1 Å². The van der Waals surface area contributed by atoms with Gasteiger partial charge in [-0.2, -0.15) is 18.7 Å². The molecule has 12 heteroatoms. The van der Waals surface area contributed by atoms with Crippen LogP contribution in [0.4, 0.5) is 19.0 Å². The molecule has 2 saturated heterocycles. The third-order valence-electron chi connectivity index (χ3n) is 10.1. The number of hydrogen-bond donors (Lipinski definition) is 1. The summed E-state index contributed by atoms with van der Waals surface area (Å²) in [5.74, 6) is -0.430. The molecule has 1 saturated carbocycles. The molecule has 4 aromatic rings. The first kappa shape index (κ1) is 29.9. The van der Waals surface area contributed by atoms with E-state index in [1.165, 1.54) is 12.3 Å². The summed E-state index contributed by atoms with van der Waals surface area (Å²) < 4.78 is 51.2. The van der Waals surface area contributed by atoms with Gasteiger partial charge in [0.2, 0.25) is 0 Å². The van der Waals surface area contributed by atoms with E-state index in [0.717, 1.165) is 44.8 Å². The zero-order valence-corrected chi connectivity index (χ0v) is 25.5. The quantitative estimate of drug-likeness (QED) is 0.300. The summed E-state index contributed by atoms with van der Waals surface area (Å²) in [7, 11) is 2.15. The van der Waals surface area contributed by atoms with Gasteiger partial charge in [0.25, 0.3) is 5.56 Å². The second-order valence-corrected chi connectivity index (χ2v) is 13.3. The molecular weight excluding hydrogens is 585 g/mol. The number of rotatable bonds is 6. The molecule has 1 aliphatic carbocycles. The summed E-state index contributed by atoms with van der Waals surface area (Å²) in [5, 5.41) is 11.5. The van der Waals surface area contributed by atoms with E-state index >= 15 is 4.39 Å². The molecule has 3 unspecified atom stereocenters. The molecule has 9 nitrogen and oxygen atoms in total. The largest absolute Gasteiger partial charge is 0.463 e. The molecule has 3 fully saturated rings. The van der Waals surface area contributed by atoms with E-state index in [2.05, 4.69) is 21.9 Å². The molecule has 45 heavy (non-hydrogen) atoms. The molecule has 5 heterocycles. The van der Waals surface area contributed by atoms with E-state index in [-0.39, 0.29) is 44.7 Å². The Labute approximate surface area is 258 Å². The third kappa shape index (κ3) is 5.21. The van der Waals surface area contributed by atoms with Crippen molar-refractivity contribution in [2.24, 2.45) is 5.41 Å². The van der Waals surface area contributed by atoms with E-state index in [1.54, 1.807) is 25.1 Å². The Hall–Kier alpha value is -3.77. The van der Waals surface area contributed by atoms with E-state index in [1.807, 2.05) is 4.90 Å². The minimum absolute atomic E-state index is 0.0226. The fourth-order valence-electron chi connectivity index (χ4n) is 7.95. The predicted octanol–water partition coefficient (Wildman–Crippen LogP) is 5.54. The maximum atomic E-state index is 16.7. The molecule has 7 rings (SSSR count). The summed E-state index contributed by atoms with van der Waals surface area (Å²) in [6, 6.07) is 6.67. The topological polar surface area (TPSA) is 96.6 Å². The zero-order valence-electron chi connectivity index (χ0n) is 25.5. The van der Waals surface area contributed by atoms with E-state index in [0.29, 0.717) is 48.6 Å². The summed E-state index contributed by atoms with van der Waals surface area (Å²) in [5.41, 5.74) is -2.10. The lowest BCUT2D eigenvalue weighted by molar-refractivity contribution is 0.0132. The highest BCUT2D eigenvalue weighted by Crippen LogP contribution is 2.47. The molecule has 1 aromatic carbocycles. The average molecular weight is 623 g/mol. The SMILES string of the molecule is CN1CCCC2(COc3nc(N4CCCC(C)(O)C4)c4cnc(-c5cn(C(F)F)c(=O)c6ccccc56)c(F)c4n3)CCCC12. The van der Waals surface area contributed by atoms with Gasteiger partial charge in [-0.1, -0.05) is 24.6 Å². The van der Waals surface area contributed by atoms with Gasteiger partial charge in [-0.15, -0.1) is 0 Å². The highest BCUT2D eigenvalue weighted by atomic mass is 19.3. The van der Waals surface area contributed by atoms with Crippen LogP contribution in [0.3, 0.4) is 0 Å². The van der Waals surface area contributed by atoms with Crippen LogP contribution in [0.15, 0.2) is 41.5 Å². The standard InChI is InChI=1S/C33H37F3N6O3/c1-32(44)11-6-15-41(18-32)28-22-16-37-26(23-17-42(30(35)36)29(43)21-9-4-3-8-20(21)23)25(34)27(22)38-31(39-28)45-19-33-12-5-10-24(33)40(2)14-7-13-33/h3-4,8-9,16-17,24,30,44H,5-7,10-15,18-19H2,1-2H3. The number of hydrogen-bond acceptors (Lipinski definition) is 8. The summed E-state index contributed by atoms with van der Waals surface area (Å²) in [6.07, 6.45) is 9.07. The molecule has 238 valence electrons. The normalized spacial score (nSPS) is 25.8. The molecule has 0 radical (unpaired) electrons. The summed E-state index contributed by atoms with van der Waals surface area (Å²) in [4.78, 5) is 30.8. The van der Waals surface area contributed by atoms with Gasteiger partial charge in [0.15, 0.2) is 5.82 Å². The van der Waals surface area contributed by atoms with Crippen LogP contribution in [0.25, 0.3) is 32.9 Å². The lowest BCUT2D eigenvalue weighted by Crippen LogP contribution is -2.50. The summed E-state index contributed by atoms with van der Waals surface area (Å²) >= 11 is 0. The Morgan fingerprint density at radius 3 is 2.60 bits per heavy atom. The molecule has 1 N–H and O–H groups in total. The van der Waals surface area contributed by atoms with Crippen LogP contribution in [0.1, 0.15) is 58.4 Å². The van der Waals surface area contributed by atoms with Crippen LogP contribution in [-0.4, -0.2) is 74.5 Å². The second kappa shape index (κ2) is 11.2. The van der Waals surface area contributed by atoms with Crippen molar-refractivity contribution in [3.8, 4) is 17.3 Å². The van der Waals surface area contributed by atoms with Crippen LogP contribution in [0.2, 0.25) is 0 Å². The zero-order chi connectivity index (χ0) is 31.5. The lowest BCUT2D eigenvalue weighted by Gasteiger charge is -2.44. The third-order valence-corrected chi connectivity index (χ3v) is 10.1. The van der Waals surface area contributed by atoms with Crippen LogP contribution in [0, 0.1) is 11.2 Å². The number of piperidine rings is 2. The van der Waals surface area contributed by atoms with E-state index in [4.69, 9.17) is 9.72 Å². The van der Waals surface area contributed by atoms with Gasteiger partial charge in [-0.25, -0.2) is 4.39 Å². The second-order valence-electron chi connectivity index (χ2n) is 13.3. The summed E-state index contributed by atoms with van der Waals surface area (Å²) in [6.45, 7) is 0.955. The number of halogens is 3. The number of likely N-dealkylation sites (tertiary alicyclic amines) is 1. The molecule has 3 atom stereocenters. The number of aromatic nitrogens is 4. The number of alkyl halides is 2. The molecule has 3 aromatic heterocycles. The Morgan fingerprint density at radius 1 is 1.07 bits per heavy atom. The highest BCUT2D eigenvalue weighted by molar-refractivity contribution is 5.98. The molecule has 0 amide bonds. The maximum absolute atomic E-state index is 16.7.